The molecular weight excluding hydrogens is 410 g/mol. The van der Waals surface area contributed by atoms with E-state index in [1.165, 1.54) is 18.4 Å². The number of aromatic nitrogens is 1. The number of hydrogen-bond donors (Lipinski definition) is 0. The van der Waals surface area contributed by atoms with Gasteiger partial charge in [0.2, 0.25) is 5.88 Å². The number of piperidine rings is 1. The smallest absolute Gasteiger partial charge is 0.415 e. The first kappa shape index (κ1) is 22.0. The molecule has 1 saturated carbocycles. The molecule has 2 aromatic rings. The molecule has 3 fully saturated rings. The molecule has 32 heavy (non-hydrogen) atoms. The van der Waals surface area contributed by atoms with E-state index in [1.54, 1.807) is 12.0 Å². The number of hydrogen-bond acceptors (Lipinski definition) is 7. The maximum Gasteiger partial charge on any atom is 0.415 e. The van der Waals surface area contributed by atoms with Gasteiger partial charge in [-0.3, -0.25) is 9.80 Å². The van der Waals surface area contributed by atoms with Gasteiger partial charge in [-0.25, -0.2) is 9.78 Å². The second-order valence-electron chi connectivity index (χ2n) is 8.54. The standard InChI is InChI=1S/C23H27N3O3.CO2/c1-28-21-19(13-18(14-24-21)17-7-8-17)15-25-11-9-23(10-12-25)16-26(22(27)29-23)20-5-3-2-4-6-20;2-1-3/h2-6,13-14,17H,7-12,15-16H2,1H3;. The first-order valence-corrected chi connectivity index (χ1v) is 10.9. The van der Waals surface area contributed by atoms with Gasteiger partial charge in [0.1, 0.15) is 5.60 Å². The summed E-state index contributed by atoms with van der Waals surface area (Å²) in [5.41, 5.74) is 3.02. The summed E-state index contributed by atoms with van der Waals surface area (Å²) in [7, 11) is 1.68. The number of amides is 1. The average molecular weight is 437 g/mol. The third-order valence-corrected chi connectivity index (χ3v) is 6.39. The molecule has 0 bridgehead atoms. The Morgan fingerprint density at radius 1 is 1.19 bits per heavy atom. The molecule has 2 saturated heterocycles. The van der Waals surface area contributed by atoms with Crippen molar-refractivity contribution in [1.29, 1.82) is 0 Å². The van der Waals surface area contributed by atoms with Crippen LogP contribution in [0.15, 0.2) is 42.6 Å². The molecule has 3 aliphatic rings. The zero-order valence-electron chi connectivity index (χ0n) is 18.2. The molecule has 5 rings (SSSR count). The number of carbonyl (C=O) groups is 1. The fourth-order valence-electron chi connectivity index (χ4n) is 4.50. The highest BCUT2D eigenvalue weighted by Gasteiger charge is 2.47. The van der Waals surface area contributed by atoms with Gasteiger partial charge in [-0.05, 0) is 42.5 Å². The largest absolute Gasteiger partial charge is 0.481 e. The lowest BCUT2D eigenvalue weighted by Gasteiger charge is -2.37. The second kappa shape index (κ2) is 9.51. The van der Waals surface area contributed by atoms with E-state index >= 15 is 0 Å². The lowest BCUT2D eigenvalue weighted by molar-refractivity contribution is -0.191. The number of likely N-dealkylation sites (tertiary alicyclic amines) is 1. The molecular formula is C24H27N3O5. The number of benzene rings is 1. The van der Waals surface area contributed by atoms with Crippen LogP contribution in [0.4, 0.5) is 10.5 Å². The number of carbonyl (C=O) groups excluding carboxylic acids is 3. The Labute approximate surface area is 187 Å². The number of anilines is 1. The molecule has 1 aromatic carbocycles. The fraction of sp³-hybridized carbons (Fsp3) is 0.458. The molecule has 8 nitrogen and oxygen atoms in total. The number of pyridine rings is 1. The van der Waals surface area contributed by atoms with E-state index in [4.69, 9.17) is 19.1 Å². The number of para-hydroxylation sites is 1. The van der Waals surface area contributed by atoms with Gasteiger partial charge in [-0.15, -0.1) is 0 Å². The summed E-state index contributed by atoms with van der Waals surface area (Å²) in [5, 5.41) is 0. The number of rotatable bonds is 5. The first-order chi connectivity index (χ1) is 15.6. The monoisotopic (exact) mass is 437 g/mol. The molecule has 0 unspecified atom stereocenters. The molecule has 0 atom stereocenters. The second-order valence-corrected chi connectivity index (χ2v) is 8.54. The summed E-state index contributed by atoms with van der Waals surface area (Å²) < 4.78 is 11.4. The Morgan fingerprint density at radius 2 is 1.88 bits per heavy atom. The number of nitrogens with zero attached hydrogens (tertiary/aromatic N) is 3. The van der Waals surface area contributed by atoms with Crippen LogP contribution in [0.25, 0.3) is 0 Å². The van der Waals surface area contributed by atoms with Crippen molar-refractivity contribution < 1.29 is 23.9 Å². The van der Waals surface area contributed by atoms with Crippen molar-refractivity contribution in [3.8, 4) is 5.88 Å². The highest BCUT2D eigenvalue weighted by molar-refractivity contribution is 5.90. The van der Waals surface area contributed by atoms with Crippen molar-refractivity contribution in [2.24, 2.45) is 0 Å². The molecule has 0 radical (unpaired) electrons. The molecule has 1 amide bonds. The molecule has 2 aliphatic heterocycles. The van der Waals surface area contributed by atoms with E-state index in [9.17, 15) is 4.79 Å². The van der Waals surface area contributed by atoms with Crippen molar-refractivity contribution in [2.75, 3.05) is 31.6 Å². The minimum absolute atomic E-state index is 0.229. The predicted molar refractivity (Wildman–Crippen MR) is 115 cm³/mol. The van der Waals surface area contributed by atoms with Gasteiger partial charge in [-0.1, -0.05) is 18.2 Å². The highest BCUT2D eigenvalue weighted by atomic mass is 16.6. The van der Waals surface area contributed by atoms with Crippen molar-refractivity contribution in [2.45, 2.75) is 43.7 Å². The van der Waals surface area contributed by atoms with Gasteiger partial charge in [0.25, 0.3) is 0 Å². The lowest BCUT2D eigenvalue weighted by Crippen LogP contribution is -2.46. The highest BCUT2D eigenvalue weighted by Crippen LogP contribution is 2.41. The van der Waals surface area contributed by atoms with E-state index in [0.717, 1.165) is 49.6 Å². The van der Waals surface area contributed by atoms with E-state index in [0.29, 0.717) is 12.5 Å². The van der Waals surface area contributed by atoms with Gasteiger partial charge in [0.05, 0.1) is 13.7 Å². The molecule has 1 spiro atoms. The van der Waals surface area contributed by atoms with Crippen LogP contribution in [0.1, 0.15) is 42.7 Å². The number of ether oxygens (including phenoxy) is 2. The normalized spacial score (nSPS) is 19.7. The zero-order chi connectivity index (χ0) is 22.6. The summed E-state index contributed by atoms with van der Waals surface area (Å²) >= 11 is 0. The maximum absolute atomic E-state index is 12.5. The van der Waals surface area contributed by atoms with E-state index < -0.39 is 0 Å². The Bertz CT molecular complexity index is 978. The van der Waals surface area contributed by atoms with E-state index in [2.05, 4.69) is 16.0 Å². The Kier molecular flexibility index (Phi) is 6.53. The van der Waals surface area contributed by atoms with Crippen LogP contribution >= 0.6 is 0 Å². The zero-order valence-corrected chi connectivity index (χ0v) is 18.2. The Hall–Kier alpha value is -3.22. The van der Waals surface area contributed by atoms with Crippen LogP contribution in [0.2, 0.25) is 0 Å². The fourth-order valence-corrected chi connectivity index (χ4v) is 4.50. The van der Waals surface area contributed by atoms with E-state index in [1.807, 2.05) is 36.5 Å². The quantitative estimate of drug-likeness (QED) is 0.708. The van der Waals surface area contributed by atoms with Gasteiger partial charge >= 0.3 is 12.2 Å². The van der Waals surface area contributed by atoms with Gasteiger partial charge in [0, 0.05) is 49.9 Å². The van der Waals surface area contributed by atoms with Crippen LogP contribution in [0.3, 0.4) is 0 Å². The third-order valence-electron chi connectivity index (χ3n) is 6.39. The van der Waals surface area contributed by atoms with Crippen LogP contribution in [-0.2, 0) is 20.9 Å². The van der Waals surface area contributed by atoms with Crippen LogP contribution in [0.5, 0.6) is 5.88 Å². The van der Waals surface area contributed by atoms with Gasteiger partial charge < -0.3 is 9.47 Å². The summed E-state index contributed by atoms with van der Waals surface area (Å²) in [6.07, 6.45) is 6.21. The van der Waals surface area contributed by atoms with Gasteiger partial charge in [-0.2, -0.15) is 9.59 Å². The topological polar surface area (TPSA) is 89.0 Å². The molecule has 3 heterocycles. The SMILES string of the molecule is COc1ncc(C2CC2)cc1CN1CCC2(CC1)CN(c1ccccc1)C(=O)O2.O=C=O. The first-order valence-electron chi connectivity index (χ1n) is 10.9. The minimum Gasteiger partial charge on any atom is -0.481 e. The van der Waals surface area contributed by atoms with E-state index in [-0.39, 0.29) is 17.8 Å². The molecule has 168 valence electrons. The third kappa shape index (κ3) is 4.82. The summed E-state index contributed by atoms with van der Waals surface area (Å²) in [5.74, 6) is 1.40. The Morgan fingerprint density at radius 3 is 2.50 bits per heavy atom. The van der Waals surface area contributed by atoms with Gasteiger partial charge in [0.15, 0.2) is 0 Å². The molecule has 0 N–H and O–H groups in total. The molecule has 1 aliphatic carbocycles. The number of methoxy groups -OCH3 is 1. The molecule has 8 heteroatoms. The predicted octanol–water partition coefficient (Wildman–Crippen LogP) is 3.38. The van der Waals surface area contributed by atoms with Crippen molar-refractivity contribution in [3.63, 3.8) is 0 Å². The minimum atomic E-state index is -0.373. The van der Waals surface area contributed by atoms with Crippen LogP contribution in [0, 0.1) is 0 Å². The summed E-state index contributed by atoms with van der Waals surface area (Å²) in [6, 6.07) is 12.0. The van der Waals surface area contributed by atoms with Crippen LogP contribution in [-0.4, -0.2) is 54.5 Å². The van der Waals surface area contributed by atoms with Crippen molar-refractivity contribution in [3.05, 3.63) is 53.7 Å². The summed E-state index contributed by atoms with van der Waals surface area (Å²) in [4.78, 5) is 37.4. The maximum atomic E-state index is 12.5. The molecule has 1 aromatic heterocycles. The lowest BCUT2D eigenvalue weighted by atomic mass is 9.91. The van der Waals surface area contributed by atoms with Crippen molar-refractivity contribution >= 4 is 17.9 Å². The Balaban J connectivity index is 0.000000775. The summed E-state index contributed by atoms with van der Waals surface area (Å²) in [6.45, 7) is 3.24. The average Bonchev–Trinajstić information content (AvgIpc) is 3.61. The van der Waals surface area contributed by atoms with Crippen molar-refractivity contribution in [1.82, 2.24) is 9.88 Å². The van der Waals surface area contributed by atoms with Crippen LogP contribution < -0.4 is 9.64 Å².